The Kier molecular flexibility index (Phi) is 10.5. The monoisotopic (exact) mass is 452 g/mol. The first-order valence-electron chi connectivity index (χ1n) is 11.1. The minimum atomic E-state index is -1.36. The van der Waals surface area contributed by atoms with Gasteiger partial charge in [-0.1, -0.05) is 91.0 Å². The van der Waals surface area contributed by atoms with E-state index in [4.69, 9.17) is 14.2 Å². The lowest BCUT2D eigenvalue weighted by Gasteiger charge is -2.30. The van der Waals surface area contributed by atoms with Crippen LogP contribution < -0.4 is 0 Å². The summed E-state index contributed by atoms with van der Waals surface area (Å²) in [6.45, 7) is 0.656. The molecule has 4 atom stereocenters. The smallest absolute Gasteiger partial charge is 0.115 e. The quantitative estimate of drug-likeness (QED) is 0.348. The molecule has 0 heterocycles. The number of aliphatic hydroxyl groups is 3. The summed E-state index contributed by atoms with van der Waals surface area (Å²) in [5, 5.41) is 32.0. The molecule has 176 valence electrons. The van der Waals surface area contributed by atoms with E-state index in [9.17, 15) is 15.3 Å². The van der Waals surface area contributed by atoms with Crippen molar-refractivity contribution in [1.82, 2.24) is 0 Å². The Morgan fingerprint density at radius 3 is 1.36 bits per heavy atom. The normalized spacial score (nSPS) is 15.0. The van der Waals surface area contributed by atoms with Crippen LogP contribution in [-0.4, -0.2) is 52.9 Å². The van der Waals surface area contributed by atoms with Gasteiger partial charge in [-0.05, 0) is 16.7 Å². The molecule has 33 heavy (non-hydrogen) atoms. The largest absolute Gasteiger partial charge is 0.388 e. The highest BCUT2D eigenvalue weighted by atomic mass is 16.5. The van der Waals surface area contributed by atoms with Crippen molar-refractivity contribution in [3.8, 4) is 0 Å². The van der Waals surface area contributed by atoms with E-state index < -0.39 is 24.4 Å². The van der Waals surface area contributed by atoms with Gasteiger partial charge < -0.3 is 29.5 Å². The Balaban J connectivity index is 1.55. The molecule has 0 fully saturated rings. The molecule has 0 bridgehead atoms. The van der Waals surface area contributed by atoms with Crippen molar-refractivity contribution in [1.29, 1.82) is 0 Å². The topological polar surface area (TPSA) is 88.4 Å². The molecule has 6 heteroatoms. The van der Waals surface area contributed by atoms with E-state index >= 15 is 0 Å². The molecule has 0 amide bonds. The highest BCUT2D eigenvalue weighted by molar-refractivity contribution is 5.15. The van der Waals surface area contributed by atoms with Crippen LogP contribution in [0.1, 0.15) is 16.7 Å². The van der Waals surface area contributed by atoms with Crippen molar-refractivity contribution in [3.05, 3.63) is 108 Å². The Hall–Kier alpha value is -2.58. The third kappa shape index (κ3) is 8.70. The maximum absolute atomic E-state index is 10.8. The van der Waals surface area contributed by atoms with E-state index in [1.54, 1.807) is 0 Å². The van der Waals surface area contributed by atoms with Crippen molar-refractivity contribution in [2.24, 2.45) is 0 Å². The van der Waals surface area contributed by atoms with Crippen molar-refractivity contribution in [2.75, 3.05) is 13.2 Å². The summed E-state index contributed by atoms with van der Waals surface area (Å²) in [7, 11) is 0. The fourth-order valence-electron chi connectivity index (χ4n) is 3.36. The minimum Gasteiger partial charge on any atom is -0.388 e. The molecule has 3 aromatic carbocycles. The number of aliphatic hydroxyl groups excluding tert-OH is 3. The highest BCUT2D eigenvalue weighted by Crippen LogP contribution is 2.15. The van der Waals surface area contributed by atoms with Crippen LogP contribution in [0.15, 0.2) is 91.0 Å². The number of hydrogen-bond acceptors (Lipinski definition) is 6. The standard InChI is InChI=1S/C27H32O6/c28-24(19-31-16-21-10-4-1-5-11-21)26(30)27(33-18-23-14-8-3-9-15-23)25(29)20-32-17-22-12-6-2-7-13-22/h1-15,24-30H,16-20H2/t24-,25-,26-,27-/m1/s1. The Morgan fingerprint density at radius 1 is 0.515 bits per heavy atom. The molecule has 3 aromatic rings. The van der Waals surface area contributed by atoms with E-state index in [0.717, 1.165) is 16.7 Å². The maximum atomic E-state index is 10.8. The molecule has 0 saturated heterocycles. The summed E-state index contributed by atoms with van der Waals surface area (Å²) in [6.07, 6.45) is -4.80. The van der Waals surface area contributed by atoms with Crippen LogP contribution in [0.5, 0.6) is 0 Å². The van der Waals surface area contributed by atoms with Crippen molar-refractivity contribution in [3.63, 3.8) is 0 Å². The van der Waals surface area contributed by atoms with Gasteiger partial charge in [-0.2, -0.15) is 0 Å². The van der Waals surface area contributed by atoms with Gasteiger partial charge in [0.2, 0.25) is 0 Å². The first-order chi connectivity index (χ1) is 16.1. The average molecular weight is 453 g/mol. The van der Waals surface area contributed by atoms with E-state index in [2.05, 4.69) is 0 Å². The molecular formula is C27H32O6. The molecule has 0 aliphatic carbocycles. The Bertz CT molecular complexity index is 890. The van der Waals surface area contributed by atoms with Crippen LogP contribution in [-0.2, 0) is 34.0 Å². The summed E-state index contributed by atoms with van der Waals surface area (Å²) in [4.78, 5) is 0. The molecule has 0 radical (unpaired) electrons. The second kappa shape index (κ2) is 13.9. The lowest BCUT2D eigenvalue weighted by molar-refractivity contribution is -0.162. The SMILES string of the molecule is O[C@@H]([C@H](OCc1ccccc1)[C@H](O)COCc1ccccc1)[C@H](O)COCc1ccccc1. The maximum Gasteiger partial charge on any atom is 0.115 e. The lowest BCUT2D eigenvalue weighted by atomic mass is 10.0. The van der Waals surface area contributed by atoms with Crippen molar-refractivity contribution >= 4 is 0 Å². The molecule has 0 spiro atoms. The Labute approximate surface area is 195 Å². The fraction of sp³-hybridized carbons (Fsp3) is 0.333. The predicted octanol–water partition coefficient (Wildman–Crippen LogP) is 3.09. The summed E-state index contributed by atoms with van der Waals surface area (Å²) in [5.74, 6) is 0. The van der Waals surface area contributed by atoms with Crippen molar-refractivity contribution < 1.29 is 29.5 Å². The first-order valence-corrected chi connectivity index (χ1v) is 11.1. The molecule has 0 aliphatic heterocycles. The summed E-state index contributed by atoms with van der Waals surface area (Å²) >= 11 is 0. The molecule has 3 rings (SSSR count). The third-order valence-corrected chi connectivity index (χ3v) is 5.20. The number of rotatable bonds is 14. The van der Waals surface area contributed by atoms with Gasteiger partial charge in [0.1, 0.15) is 24.4 Å². The number of ether oxygens (including phenoxy) is 3. The van der Waals surface area contributed by atoms with E-state index in [-0.39, 0.29) is 19.8 Å². The minimum absolute atomic E-state index is 0.0526. The lowest BCUT2D eigenvalue weighted by Crippen LogP contribution is -2.49. The van der Waals surface area contributed by atoms with Gasteiger partial charge in [-0.15, -0.1) is 0 Å². The molecule has 3 N–H and O–H groups in total. The van der Waals surface area contributed by atoms with Gasteiger partial charge in [0.05, 0.1) is 33.0 Å². The molecular weight excluding hydrogens is 420 g/mol. The van der Waals surface area contributed by atoms with Gasteiger partial charge in [0.15, 0.2) is 0 Å². The van der Waals surface area contributed by atoms with Gasteiger partial charge in [0, 0.05) is 0 Å². The van der Waals surface area contributed by atoms with E-state index in [1.807, 2.05) is 91.0 Å². The fourth-order valence-corrected chi connectivity index (χ4v) is 3.36. The number of benzene rings is 3. The third-order valence-electron chi connectivity index (χ3n) is 5.20. The van der Waals surface area contributed by atoms with Gasteiger partial charge >= 0.3 is 0 Å². The average Bonchev–Trinajstić information content (AvgIpc) is 2.86. The predicted molar refractivity (Wildman–Crippen MR) is 125 cm³/mol. The molecule has 0 unspecified atom stereocenters. The highest BCUT2D eigenvalue weighted by Gasteiger charge is 2.33. The molecule has 0 aromatic heterocycles. The van der Waals surface area contributed by atoms with Gasteiger partial charge in [-0.3, -0.25) is 0 Å². The second-order valence-electron chi connectivity index (χ2n) is 7.89. The summed E-state index contributed by atoms with van der Waals surface area (Å²) in [6, 6.07) is 28.6. The van der Waals surface area contributed by atoms with Crippen molar-refractivity contribution in [2.45, 2.75) is 44.2 Å². The summed E-state index contributed by atoms with van der Waals surface area (Å²) < 4.78 is 17.0. The Morgan fingerprint density at radius 2 is 0.909 bits per heavy atom. The van der Waals surface area contributed by atoms with Crippen LogP contribution in [0.4, 0.5) is 0 Å². The number of hydrogen-bond donors (Lipinski definition) is 3. The van der Waals surface area contributed by atoms with Crippen LogP contribution >= 0.6 is 0 Å². The molecule has 0 saturated carbocycles. The molecule has 0 aliphatic rings. The second-order valence-corrected chi connectivity index (χ2v) is 7.89. The van der Waals surface area contributed by atoms with E-state index in [0.29, 0.717) is 13.2 Å². The first kappa shape index (κ1) is 25.1. The van der Waals surface area contributed by atoms with E-state index in [1.165, 1.54) is 0 Å². The molecule has 6 nitrogen and oxygen atoms in total. The van der Waals surface area contributed by atoms with Crippen LogP contribution in [0.2, 0.25) is 0 Å². The van der Waals surface area contributed by atoms with Crippen LogP contribution in [0.3, 0.4) is 0 Å². The van der Waals surface area contributed by atoms with Crippen LogP contribution in [0, 0.1) is 0 Å². The van der Waals surface area contributed by atoms with Gasteiger partial charge in [-0.25, -0.2) is 0 Å². The van der Waals surface area contributed by atoms with Gasteiger partial charge in [0.25, 0.3) is 0 Å². The zero-order valence-corrected chi connectivity index (χ0v) is 18.6. The zero-order chi connectivity index (χ0) is 23.3. The summed E-state index contributed by atoms with van der Waals surface area (Å²) in [5.41, 5.74) is 2.83. The zero-order valence-electron chi connectivity index (χ0n) is 18.6. The van der Waals surface area contributed by atoms with Crippen LogP contribution in [0.25, 0.3) is 0 Å².